The van der Waals surface area contributed by atoms with E-state index in [1.807, 2.05) is 56.3 Å². The molecule has 0 saturated carbocycles. The Hall–Kier alpha value is -3.74. The van der Waals surface area contributed by atoms with Gasteiger partial charge in [-0.15, -0.1) is 0 Å². The number of esters is 1. The van der Waals surface area contributed by atoms with E-state index in [9.17, 15) is 14.4 Å². The molecule has 7 heteroatoms. The summed E-state index contributed by atoms with van der Waals surface area (Å²) in [5.41, 5.74) is 2.67. The monoisotopic (exact) mass is 405 g/mol. The van der Waals surface area contributed by atoms with Crippen molar-refractivity contribution in [3.8, 4) is 0 Å². The van der Waals surface area contributed by atoms with Gasteiger partial charge in [0.2, 0.25) is 0 Å². The first-order chi connectivity index (χ1) is 14.4. The first kappa shape index (κ1) is 21.0. The zero-order valence-corrected chi connectivity index (χ0v) is 16.8. The van der Waals surface area contributed by atoms with Gasteiger partial charge in [-0.3, -0.25) is 15.1 Å². The summed E-state index contributed by atoms with van der Waals surface area (Å²) >= 11 is 0. The van der Waals surface area contributed by atoms with Crippen LogP contribution in [-0.2, 0) is 16.1 Å². The molecule has 7 nitrogen and oxygen atoms in total. The quantitative estimate of drug-likeness (QED) is 0.612. The van der Waals surface area contributed by atoms with Gasteiger partial charge in [-0.2, -0.15) is 0 Å². The van der Waals surface area contributed by atoms with Crippen molar-refractivity contribution >= 4 is 28.8 Å². The number of para-hydroxylation sites is 1. The lowest BCUT2D eigenvalue weighted by molar-refractivity contribution is -0.123. The summed E-state index contributed by atoms with van der Waals surface area (Å²) in [6, 6.07) is 17.6. The molecule has 0 aliphatic heterocycles. The molecule has 2 N–H and O–H groups in total. The van der Waals surface area contributed by atoms with Crippen molar-refractivity contribution in [3.05, 3.63) is 77.5 Å². The molecule has 3 aromatic rings. The van der Waals surface area contributed by atoms with Crippen LogP contribution in [0.15, 0.2) is 60.7 Å². The van der Waals surface area contributed by atoms with E-state index in [0.717, 1.165) is 11.3 Å². The van der Waals surface area contributed by atoms with Crippen LogP contribution in [0.1, 0.15) is 41.4 Å². The number of urea groups is 1. The standard InChI is InChI=1S/C23H23N3O4/c1-15(2)20-12-18(17-10-6-7-11-19(17)25-20)22(28)30-14-21(27)26-23(29)24-13-16-8-4-3-5-9-16/h3-12,15H,13-14H2,1-2H3,(H2,24,26,27,29). The zero-order chi connectivity index (χ0) is 21.5. The summed E-state index contributed by atoms with van der Waals surface area (Å²) in [5.74, 6) is -1.23. The third-order valence-electron chi connectivity index (χ3n) is 4.43. The summed E-state index contributed by atoms with van der Waals surface area (Å²) < 4.78 is 5.14. The van der Waals surface area contributed by atoms with Crippen LogP contribution in [0.3, 0.4) is 0 Å². The average Bonchev–Trinajstić information content (AvgIpc) is 2.76. The maximum atomic E-state index is 12.6. The first-order valence-electron chi connectivity index (χ1n) is 9.62. The molecular formula is C23H23N3O4. The van der Waals surface area contributed by atoms with Gasteiger partial charge in [0, 0.05) is 17.6 Å². The second-order valence-electron chi connectivity index (χ2n) is 7.06. The SMILES string of the molecule is CC(C)c1cc(C(=O)OCC(=O)NC(=O)NCc2ccccc2)c2ccccc2n1. The predicted molar refractivity (Wildman–Crippen MR) is 113 cm³/mol. The second kappa shape index (κ2) is 9.65. The molecule has 0 aliphatic rings. The summed E-state index contributed by atoms with van der Waals surface area (Å²) in [7, 11) is 0. The van der Waals surface area contributed by atoms with E-state index in [4.69, 9.17) is 4.74 Å². The molecule has 3 amide bonds. The number of fused-ring (bicyclic) bond motifs is 1. The molecule has 0 fully saturated rings. The Kier molecular flexibility index (Phi) is 6.75. The Bertz CT molecular complexity index is 1060. The molecule has 0 aliphatic carbocycles. The van der Waals surface area contributed by atoms with Gasteiger partial charge in [-0.25, -0.2) is 9.59 Å². The molecule has 1 aromatic heterocycles. The number of ether oxygens (including phenoxy) is 1. The number of pyridine rings is 1. The fourth-order valence-corrected chi connectivity index (χ4v) is 2.85. The highest BCUT2D eigenvalue weighted by Gasteiger charge is 2.17. The van der Waals surface area contributed by atoms with Crippen LogP contribution in [0, 0.1) is 0 Å². The van der Waals surface area contributed by atoms with Gasteiger partial charge in [-0.1, -0.05) is 62.4 Å². The van der Waals surface area contributed by atoms with Gasteiger partial charge < -0.3 is 10.1 Å². The van der Waals surface area contributed by atoms with E-state index in [0.29, 0.717) is 16.5 Å². The number of aromatic nitrogens is 1. The van der Waals surface area contributed by atoms with E-state index in [1.165, 1.54) is 0 Å². The summed E-state index contributed by atoms with van der Waals surface area (Å²) in [6.45, 7) is 3.67. The number of nitrogens with zero attached hydrogens (tertiary/aromatic N) is 1. The minimum atomic E-state index is -0.712. The molecule has 0 atom stereocenters. The van der Waals surface area contributed by atoms with E-state index < -0.39 is 24.5 Å². The molecule has 0 spiro atoms. The van der Waals surface area contributed by atoms with Crippen molar-refractivity contribution in [2.75, 3.05) is 6.61 Å². The molecule has 0 saturated heterocycles. The third kappa shape index (κ3) is 5.41. The number of rotatable bonds is 6. The number of amides is 3. The first-order valence-corrected chi connectivity index (χ1v) is 9.62. The molecule has 154 valence electrons. The molecule has 2 aromatic carbocycles. The number of carbonyl (C=O) groups is 3. The zero-order valence-electron chi connectivity index (χ0n) is 16.8. The lowest BCUT2D eigenvalue weighted by Crippen LogP contribution is -2.41. The minimum Gasteiger partial charge on any atom is -0.452 e. The van der Waals surface area contributed by atoms with Crippen LogP contribution in [-0.4, -0.2) is 29.5 Å². The van der Waals surface area contributed by atoms with Gasteiger partial charge in [0.1, 0.15) is 0 Å². The van der Waals surface area contributed by atoms with Crippen LogP contribution < -0.4 is 10.6 Å². The lowest BCUT2D eigenvalue weighted by Gasteiger charge is -2.11. The number of nitrogens with one attached hydrogen (secondary N) is 2. The van der Waals surface area contributed by atoms with Crippen molar-refractivity contribution < 1.29 is 19.1 Å². The van der Waals surface area contributed by atoms with Gasteiger partial charge in [0.25, 0.3) is 5.91 Å². The van der Waals surface area contributed by atoms with Crippen molar-refractivity contribution in [2.45, 2.75) is 26.3 Å². The lowest BCUT2D eigenvalue weighted by atomic mass is 10.0. The Morgan fingerprint density at radius 2 is 1.70 bits per heavy atom. The Morgan fingerprint density at radius 1 is 1.00 bits per heavy atom. The highest BCUT2D eigenvalue weighted by Crippen LogP contribution is 2.23. The highest BCUT2D eigenvalue weighted by atomic mass is 16.5. The predicted octanol–water partition coefficient (Wildman–Crippen LogP) is 3.54. The summed E-state index contributed by atoms with van der Waals surface area (Å²) in [4.78, 5) is 41.0. The minimum absolute atomic E-state index is 0.123. The number of carbonyl (C=O) groups excluding carboxylic acids is 3. The molecule has 3 rings (SSSR count). The van der Waals surface area contributed by atoms with Crippen LogP contribution in [0.5, 0.6) is 0 Å². The van der Waals surface area contributed by atoms with Crippen molar-refractivity contribution in [2.24, 2.45) is 0 Å². The van der Waals surface area contributed by atoms with E-state index in [-0.39, 0.29) is 12.5 Å². The molecular weight excluding hydrogens is 382 g/mol. The number of hydrogen-bond donors (Lipinski definition) is 2. The second-order valence-corrected chi connectivity index (χ2v) is 7.06. The smallest absolute Gasteiger partial charge is 0.339 e. The fraction of sp³-hybridized carbons (Fsp3) is 0.217. The van der Waals surface area contributed by atoms with Gasteiger partial charge >= 0.3 is 12.0 Å². The van der Waals surface area contributed by atoms with Gasteiger partial charge in [0.05, 0.1) is 11.1 Å². The van der Waals surface area contributed by atoms with Crippen molar-refractivity contribution in [3.63, 3.8) is 0 Å². The highest BCUT2D eigenvalue weighted by molar-refractivity contribution is 6.04. The number of imide groups is 1. The molecule has 0 radical (unpaired) electrons. The molecule has 0 unspecified atom stereocenters. The topological polar surface area (TPSA) is 97.4 Å². The molecule has 30 heavy (non-hydrogen) atoms. The van der Waals surface area contributed by atoms with Crippen molar-refractivity contribution in [1.29, 1.82) is 0 Å². The maximum Gasteiger partial charge on any atom is 0.339 e. The number of benzene rings is 2. The number of hydrogen-bond acceptors (Lipinski definition) is 5. The Morgan fingerprint density at radius 3 is 2.43 bits per heavy atom. The third-order valence-corrected chi connectivity index (χ3v) is 4.43. The van der Waals surface area contributed by atoms with Crippen LogP contribution >= 0.6 is 0 Å². The molecule has 0 bridgehead atoms. The van der Waals surface area contributed by atoms with Crippen LogP contribution in [0.4, 0.5) is 4.79 Å². The van der Waals surface area contributed by atoms with E-state index in [1.54, 1.807) is 18.2 Å². The Balaban J connectivity index is 1.58. The van der Waals surface area contributed by atoms with Crippen molar-refractivity contribution in [1.82, 2.24) is 15.6 Å². The average molecular weight is 405 g/mol. The maximum absolute atomic E-state index is 12.6. The van der Waals surface area contributed by atoms with Crippen LogP contribution in [0.25, 0.3) is 10.9 Å². The van der Waals surface area contributed by atoms with E-state index >= 15 is 0 Å². The van der Waals surface area contributed by atoms with Gasteiger partial charge in [0.15, 0.2) is 6.61 Å². The largest absolute Gasteiger partial charge is 0.452 e. The van der Waals surface area contributed by atoms with Gasteiger partial charge in [-0.05, 0) is 23.6 Å². The van der Waals surface area contributed by atoms with E-state index in [2.05, 4.69) is 15.6 Å². The molecule has 1 heterocycles. The summed E-state index contributed by atoms with van der Waals surface area (Å²) in [6.07, 6.45) is 0. The fourth-order valence-electron chi connectivity index (χ4n) is 2.85. The Labute approximate surface area is 174 Å². The van der Waals surface area contributed by atoms with Crippen LogP contribution in [0.2, 0.25) is 0 Å². The normalized spacial score (nSPS) is 10.6. The summed E-state index contributed by atoms with van der Waals surface area (Å²) in [5, 5.41) is 5.37.